The molecule has 1 saturated heterocycles. The van der Waals surface area contributed by atoms with E-state index in [1.807, 2.05) is 54.7 Å². The lowest BCUT2D eigenvalue weighted by Crippen LogP contribution is -2.32. The minimum Gasteiger partial charge on any atom is -0.385 e. The summed E-state index contributed by atoms with van der Waals surface area (Å²) >= 11 is 12.1. The number of halogens is 1. The zero-order chi connectivity index (χ0) is 23.3. The quantitative estimate of drug-likeness (QED) is 0.236. The second-order valence-electron chi connectivity index (χ2n) is 8.25. The molecule has 0 bridgehead atoms. The van der Waals surface area contributed by atoms with Crippen LogP contribution in [0.5, 0.6) is 0 Å². The molecule has 1 aliphatic rings. The molecule has 0 amide bonds. The average Bonchev–Trinajstić information content (AvgIpc) is 3.47. The fraction of sp³-hybridized carbons (Fsp3) is 0.185. The van der Waals surface area contributed by atoms with Crippen LogP contribution in [-0.2, 0) is 0 Å². The SMILES string of the molecule is S=C1N[C@@H](c2ccccn2)[C@@H](c2cccn2-c2cccc(Cl)c2)N1CCCNc1ccccc1. The molecule has 34 heavy (non-hydrogen) atoms. The van der Waals surface area contributed by atoms with Gasteiger partial charge in [-0.2, -0.15) is 0 Å². The standard InChI is InChI=1S/C27H26ClN5S/c28-20-9-6-12-22(19-20)32-17-7-14-24(32)26-25(23-13-4-5-15-30-23)31-27(34)33(26)18-8-16-29-21-10-2-1-3-11-21/h1-7,9-15,17,19,25-26,29H,8,16,18H2,(H,31,34)/t25-,26+/m0/s1. The van der Waals surface area contributed by atoms with E-state index in [9.17, 15) is 0 Å². The molecule has 7 heteroatoms. The van der Waals surface area contributed by atoms with Crippen molar-refractivity contribution >= 4 is 34.6 Å². The van der Waals surface area contributed by atoms with Crippen LogP contribution in [-0.4, -0.2) is 32.7 Å². The van der Waals surface area contributed by atoms with Crippen LogP contribution in [0.15, 0.2) is 97.3 Å². The van der Waals surface area contributed by atoms with Gasteiger partial charge in [0.2, 0.25) is 0 Å². The van der Waals surface area contributed by atoms with Gasteiger partial charge in [-0.3, -0.25) is 4.98 Å². The Bertz CT molecular complexity index is 1240. The molecule has 0 unspecified atom stereocenters. The molecule has 1 fully saturated rings. The molecule has 172 valence electrons. The first-order valence-corrected chi connectivity index (χ1v) is 12.2. The summed E-state index contributed by atoms with van der Waals surface area (Å²) in [5.74, 6) is 0. The molecule has 0 aliphatic carbocycles. The maximum Gasteiger partial charge on any atom is 0.170 e. The highest BCUT2D eigenvalue weighted by Gasteiger charge is 2.40. The summed E-state index contributed by atoms with van der Waals surface area (Å²) in [6, 6.07) is 28.4. The van der Waals surface area contributed by atoms with Crippen molar-refractivity contribution in [2.75, 3.05) is 18.4 Å². The number of aromatic nitrogens is 2. The number of rotatable bonds is 8. The van der Waals surface area contributed by atoms with Gasteiger partial charge >= 0.3 is 0 Å². The second kappa shape index (κ2) is 10.3. The number of nitrogens with one attached hydrogen (secondary N) is 2. The van der Waals surface area contributed by atoms with Crippen molar-refractivity contribution in [1.82, 2.24) is 19.8 Å². The highest BCUT2D eigenvalue weighted by Crippen LogP contribution is 2.39. The number of hydrogen-bond donors (Lipinski definition) is 2. The molecule has 2 atom stereocenters. The number of hydrogen-bond acceptors (Lipinski definition) is 3. The molecule has 2 N–H and O–H groups in total. The third kappa shape index (κ3) is 4.79. The van der Waals surface area contributed by atoms with E-state index in [0.717, 1.165) is 47.4 Å². The highest BCUT2D eigenvalue weighted by molar-refractivity contribution is 7.80. The van der Waals surface area contributed by atoms with Gasteiger partial charge in [0, 0.05) is 47.6 Å². The maximum absolute atomic E-state index is 6.31. The number of thiocarbonyl (C=S) groups is 1. The van der Waals surface area contributed by atoms with Gasteiger partial charge in [-0.05, 0) is 73.2 Å². The smallest absolute Gasteiger partial charge is 0.170 e. The molecule has 5 nitrogen and oxygen atoms in total. The topological polar surface area (TPSA) is 45.1 Å². The van der Waals surface area contributed by atoms with Crippen molar-refractivity contribution in [3.63, 3.8) is 0 Å². The molecular weight excluding hydrogens is 462 g/mol. The van der Waals surface area contributed by atoms with Crippen LogP contribution in [0.1, 0.15) is 29.9 Å². The van der Waals surface area contributed by atoms with E-state index in [1.54, 1.807) is 0 Å². The second-order valence-corrected chi connectivity index (χ2v) is 9.07. The summed E-state index contributed by atoms with van der Waals surface area (Å²) in [6.07, 6.45) is 4.85. The van der Waals surface area contributed by atoms with E-state index in [2.05, 4.69) is 67.7 Å². The monoisotopic (exact) mass is 487 g/mol. The van der Waals surface area contributed by atoms with Crippen molar-refractivity contribution < 1.29 is 0 Å². The molecule has 0 saturated carbocycles. The van der Waals surface area contributed by atoms with E-state index < -0.39 is 0 Å². The Morgan fingerprint density at radius 1 is 0.971 bits per heavy atom. The summed E-state index contributed by atoms with van der Waals surface area (Å²) in [5, 5.41) is 8.50. The number of benzene rings is 2. The normalized spacial score (nSPS) is 17.6. The lowest BCUT2D eigenvalue weighted by Gasteiger charge is -2.29. The van der Waals surface area contributed by atoms with Crippen LogP contribution in [0.3, 0.4) is 0 Å². The van der Waals surface area contributed by atoms with E-state index in [4.69, 9.17) is 23.8 Å². The van der Waals surface area contributed by atoms with E-state index in [1.165, 1.54) is 0 Å². The molecule has 0 spiro atoms. The van der Waals surface area contributed by atoms with Gasteiger partial charge in [-0.15, -0.1) is 0 Å². The number of nitrogens with zero attached hydrogens (tertiary/aromatic N) is 3. The molecule has 3 heterocycles. The molecule has 0 radical (unpaired) electrons. The molecular formula is C27H26ClN5S. The van der Waals surface area contributed by atoms with Gasteiger partial charge in [0.15, 0.2) is 5.11 Å². The maximum atomic E-state index is 6.31. The number of pyridine rings is 1. The first-order valence-electron chi connectivity index (χ1n) is 11.4. The minimum atomic E-state index is -0.0522. The van der Waals surface area contributed by atoms with Gasteiger partial charge in [0.1, 0.15) is 0 Å². The summed E-state index contributed by atoms with van der Waals surface area (Å²) in [6.45, 7) is 1.68. The Hall–Kier alpha value is -3.35. The Labute approximate surface area is 210 Å². The van der Waals surface area contributed by atoms with E-state index >= 15 is 0 Å². The van der Waals surface area contributed by atoms with Crippen molar-refractivity contribution in [3.8, 4) is 5.69 Å². The third-order valence-corrected chi connectivity index (χ3v) is 6.63. The van der Waals surface area contributed by atoms with Gasteiger partial charge in [-0.25, -0.2) is 0 Å². The zero-order valence-corrected chi connectivity index (χ0v) is 20.2. The Morgan fingerprint density at radius 3 is 2.62 bits per heavy atom. The highest BCUT2D eigenvalue weighted by atomic mass is 35.5. The van der Waals surface area contributed by atoms with Crippen molar-refractivity contribution in [3.05, 3.63) is 114 Å². The number of anilines is 1. The predicted octanol–water partition coefficient (Wildman–Crippen LogP) is 6.00. The zero-order valence-electron chi connectivity index (χ0n) is 18.6. The van der Waals surface area contributed by atoms with Crippen LogP contribution >= 0.6 is 23.8 Å². The Balaban J connectivity index is 1.43. The van der Waals surface area contributed by atoms with E-state index in [0.29, 0.717) is 5.02 Å². The molecule has 5 rings (SSSR count). The molecule has 4 aromatic rings. The van der Waals surface area contributed by atoms with Crippen molar-refractivity contribution in [2.45, 2.75) is 18.5 Å². The lowest BCUT2D eigenvalue weighted by molar-refractivity contribution is 0.307. The minimum absolute atomic E-state index is 0.00638. The fourth-order valence-electron chi connectivity index (χ4n) is 4.50. The summed E-state index contributed by atoms with van der Waals surface area (Å²) in [4.78, 5) is 6.94. The van der Waals surface area contributed by atoms with Gasteiger partial charge < -0.3 is 20.1 Å². The summed E-state index contributed by atoms with van der Waals surface area (Å²) in [5.41, 5.74) is 4.26. The first-order chi connectivity index (χ1) is 16.7. The summed E-state index contributed by atoms with van der Waals surface area (Å²) < 4.78 is 2.19. The van der Waals surface area contributed by atoms with E-state index in [-0.39, 0.29) is 12.1 Å². The van der Waals surface area contributed by atoms with Crippen LogP contribution in [0.4, 0.5) is 5.69 Å². The van der Waals surface area contributed by atoms with Crippen LogP contribution in [0.25, 0.3) is 5.69 Å². The predicted molar refractivity (Wildman–Crippen MR) is 142 cm³/mol. The molecule has 2 aromatic carbocycles. The summed E-state index contributed by atoms with van der Waals surface area (Å²) in [7, 11) is 0. The van der Waals surface area contributed by atoms with Crippen molar-refractivity contribution in [1.29, 1.82) is 0 Å². The largest absolute Gasteiger partial charge is 0.385 e. The van der Waals surface area contributed by atoms with Gasteiger partial charge in [0.05, 0.1) is 17.8 Å². The van der Waals surface area contributed by atoms with Crippen LogP contribution in [0.2, 0.25) is 5.02 Å². The third-order valence-electron chi connectivity index (χ3n) is 6.05. The average molecular weight is 488 g/mol. The van der Waals surface area contributed by atoms with Crippen molar-refractivity contribution in [2.24, 2.45) is 0 Å². The van der Waals surface area contributed by atoms with Gasteiger partial charge in [-0.1, -0.05) is 41.9 Å². The fourth-order valence-corrected chi connectivity index (χ4v) is 5.02. The number of para-hydroxylation sites is 1. The molecule has 1 aliphatic heterocycles. The van der Waals surface area contributed by atoms with Crippen LogP contribution in [0, 0.1) is 0 Å². The van der Waals surface area contributed by atoms with Crippen LogP contribution < -0.4 is 10.6 Å². The molecule has 2 aromatic heterocycles. The first kappa shape index (κ1) is 22.4. The lowest BCUT2D eigenvalue weighted by atomic mass is 10.0. The Morgan fingerprint density at radius 2 is 1.82 bits per heavy atom. The Kier molecular flexibility index (Phi) is 6.79. The van der Waals surface area contributed by atoms with Gasteiger partial charge in [0.25, 0.3) is 0 Å².